The molecule has 0 N–H and O–H groups in total. The second kappa shape index (κ2) is 9.67. The third-order valence-electron chi connectivity index (χ3n) is 5.52. The Kier molecular flexibility index (Phi) is 6.72. The maximum Gasteiger partial charge on any atom is 0.254 e. The lowest BCUT2D eigenvalue weighted by Crippen LogP contribution is -2.37. The molecule has 0 spiro atoms. The average molecular weight is 458 g/mol. The molecule has 3 aromatic rings. The molecule has 0 atom stereocenters. The molecular weight excluding hydrogens is 433 g/mol. The molecule has 0 radical (unpaired) electrons. The highest BCUT2D eigenvalue weighted by atomic mass is 35.5. The van der Waals surface area contributed by atoms with Crippen LogP contribution in [0.5, 0.6) is 0 Å². The fraction of sp³-hybridized carbons (Fsp3) is 0.348. The van der Waals surface area contributed by atoms with Crippen molar-refractivity contribution < 1.29 is 13.9 Å². The van der Waals surface area contributed by atoms with Gasteiger partial charge in [0.05, 0.1) is 24.5 Å². The second-order valence-corrected chi connectivity index (χ2v) is 8.01. The van der Waals surface area contributed by atoms with Gasteiger partial charge in [0.1, 0.15) is 11.6 Å². The highest BCUT2D eigenvalue weighted by Gasteiger charge is 2.32. The van der Waals surface area contributed by atoms with Gasteiger partial charge < -0.3 is 14.5 Å². The minimum Gasteiger partial charge on any atom is -0.378 e. The zero-order chi connectivity index (χ0) is 22.7. The molecule has 2 aliphatic heterocycles. The molecule has 2 aliphatic rings. The zero-order valence-electron chi connectivity index (χ0n) is 18.1. The van der Waals surface area contributed by atoms with Crippen LogP contribution in [0.25, 0.3) is 11.3 Å². The summed E-state index contributed by atoms with van der Waals surface area (Å²) in [7, 11) is 1.89. The van der Waals surface area contributed by atoms with Gasteiger partial charge in [-0.1, -0.05) is 11.6 Å². The summed E-state index contributed by atoms with van der Waals surface area (Å²) in [5, 5.41) is 4.17. The first kappa shape index (κ1) is 22.2. The van der Waals surface area contributed by atoms with E-state index in [0.717, 1.165) is 5.56 Å². The molecular formula is C23H25ClFN5O2. The van der Waals surface area contributed by atoms with Crippen LogP contribution in [-0.2, 0) is 18.3 Å². The normalized spacial score (nSPS) is 15.4. The smallest absolute Gasteiger partial charge is 0.254 e. The summed E-state index contributed by atoms with van der Waals surface area (Å²) in [5.74, 6) is 0.214. The molecule has 1 aromatic carbocycles. The molecule has 0 unspecified atom stereocenters. The van der Waals surface area contributed by atoms with Crippen molar-refractivity contribution in [2.75, 3.05) is 37.7 Å². The van der Waals surface area contributed by atoms with Crippen molar-refractivity contribution in [3.8, 4) is 11.3 Å². The second-order valence-electron chi connectivity index (χ2n) is 7.58. The maximum absolute atomic E-state index is 14.6. The van der Waals surface area contributed by atoms with E-state index in [0.29, 0.717) is 67.1 Å². The molecule has 32 heavy (non-hydrogen) atoms. The lowest BCUT2D eigenvalue weighted by Gasteiger charge is -2.28. The number of nitrogens with zero attached hydrogens (tertiary/aromatic N) is 5. The molecule has 2 aromatic heterocycles. The van der Waals surface area contributed by atoms with E-state index in [-0.39, 0.29) is 5.91 Å². The Balaban J connectivity index is 0.000000354. The molecule has 0 bridgehead atoms. The number of aryl methyl sites for hydroxylation is 1. The van der Waals surface area contributed by atoms with Crippen molar-refractivity contribution in [1.29, 1.82) is 0 Å². The number of morpholine rings is 1. The highest BCUT2D eigenvalue weighted by Crippen LogP contribution is 2.36. The van der Waals surface area contributed by atoms with Crippen molar-refractivity contribution in [2.45, 2.75) is 13.5 Å². The number of anilines is 1. The SMILES string of the molecule is CCN1Cc2c(cc(N3CCOCC3)nc2-c2ccc(Cl)cc2F)C1=O.Cn1cccn1. The van der Waals surface area contributed by atoms with Crippen LogP contribution in [0.2, 0.25) is 5.02 Å². The van der Waals surface area contributed by atoms with Crippen LogP contribution < -0.4 is 4.90 Å². The fourth-order valence-electron chi connectivity index (χ4n) is 3.80. The van der Waals surface area contributed by atoms with Gasteiger partial charge in [0.15, 0.2) is 0 Å². The largest absolute Gasteiger partial charge is 0.378 e. The Bertz CT molecular complexity index is 1100. The molecule has 168 valence electrons. The van der Waals surface area contributed by atoms with Gasteiger partial charge in [0.2, 0.25) is 0 Å². The Hall–Kier alpha value is -2.97. The quantitative estimate of drug-likeness (QED) is 0.599. The van der Waals surface area contributed by atoms with Crippen LogP contribution >= 0.6 is 11.6 Å². The van der Waals surface area contributed by atoms with E-state index in [1.165, 1.54) is 6.07 Å². The Morgan fingerprint density at radius 3 is 2.56 bits per heavy atom. The molecule has 0 saturated carbocycles. The number of pyridine rings is 1. The summed E-state index contributed by atoms with van der Waals surface area (Å²) >= 11 is 5.90. The molecule has 1 saturated heterocycles. The molecule has 0 aliphatic carbocycles. The predicted octanol–water partition coefficient (Wildman–Crippen LogP) is 3.77. The van der Waals surface area contributed by atoms with Gasteiger partial charge in [0.25, 0.3) is 5.91 Å². The lowest BCUT2D eigenvalue weighted by atomic mass is 10.0. The minimum absolute atomic E-state index is 0.0324. The van der Waals surface area contributed by atoms with E-state index in [2.05, 4.69) is 10.00 Å². The van der Waals surface area contributed by atoms with Gasteiger partial charge in [-0.25, -0.2) is 9.37 Å². The van der Waals surface area contributed by atoms with E-state index in [9.17, 15) is 9.18 Å². The number of halogens is 2. The number of amides is 1. The average Bonchev–Trinajstić information content (AvgIpc) is 3.41. The van der Waals surface area contributed by atoms with Gasteiger partial charge in [-0.15, -0.1) is 0 Å². The van der Waals surface area contributed by atoms with Crippen molar-refractivity contribution in [3.63, 3.8) is 0 Å². The summed E-state index contributed by atoms with van der Waals surface area (Å²) in [5.41, 5.74) is 2.26. The first-order chi connectivity index (χ1) is 15.5. The van der Waals surface area contributed by atoms with Gasteiger partial charge in [-0.2, -0.15) is 5.10 Å². The third kappa shape index (κ3) is 4.61. The van der Waals surface area contributed by atoms with Crippen molar-refractivity contribution >= 4 is 23.3 Å². The Labute approximate surface area is 191 Å². The topological polar surface area (TPSA) is 63.5 Å². The zero-order valence-corrected chi connectivity index (χ0v) is 18.8. The van der Waals surface area contributed by atoms with Crippen molar-refractivity contribution in [3.05, 3.63) is 64.7 Å². The predicted molar refractivity (Wildman–Crippen MR) is 121 cm³/mol. The van der Waals surface area contributed by atoms with Gasteiger partial charge in [-0.05, 0) is 37.3 Å². The van der Waals surface area contributed by atoms with E-state index >= 15 is 0 Å². The monoisotopic (exact) mass is 457 g/mol. The number of hydrogen-bond donors (Lipinski definition) is 0. The van der Waals surface area contributed by atoms with E-state index < -0.39 is 5.82 Å². The van der Waals surface area contributed by atoms with Crippen LogP contribution in [-0.4, -0.2) is 58.4 Å². The third-order valence-corrected chi connectivity index (χ3v) is 5.75. The van der Waals surface area contributed by atoms with Crippen LogP contribution in [0.15, 0.2) is 42.7 Å². The number of hydrogen-bond acceptors (Lipinski definition) is 5. The molecule has 1 amide bonds. The number of rotatable bonds is 3. The van der Waals surface area contributed by atoms with Crippen molar-refractivity contribution in [1.82, 2.24) is 19.7 Å². The van der Waals surface area contributed by atoms with Crippen molar-refractivity contribution in [2.24, 2.45) is 7.05 Å². The first-order valence-corrected chi connectivity index (χ1v) is 10.9. The minimum atomic E-state index is -0.436. The summed E-state index contributed by atoms with van der Waals surface area (Å²) in [6.45, 7) is 5.58. The fourth-order valence-corrected chi connectivity index (χ4v) is 3.96. The number of ether oxygens (including phenoxy) is 1. The number of fused-ring (bicyclic) bond motifs is 1. The van der Waals surface area contributed by atoms with Crippen LogP contribution in [0.4, 0.5) is 10.2 Å². The Morgan fingerprint density at radius 2 is 1.97 bits per heavy atom. The number of carbonyl (C=O) groups is 1. The van der Waals surface area contributed by atoms with Crippen LogP contribution in [0, 0.1) is 5.82 Å². The summed E-state index contributed by atoms with van der Waals surface area (Å²) in [6.07, 6.45) is 3.64. The molecule has 9 heteroatoms. The first-order valence-electron chi connectivity index (χ1n) is 10.5. The van der Waals surface area contributed by atoms with E-state index in [1.54, 1.807) is 27.9 Å². The summed E-state index contributed by atoms with van der Waals surface area (Å²) in [6, 6.07) is 8.27. The van der Waals surface area contributed by atoms with Crippen LogP contribution in [0.3, 0.4) is 0 Å². The molecule has 5 rings (SSSR count). The molecule has 7 nitrogen and oxygen atoms in total. The van der Waals surface area contributed by atoms with Gasteiger partial charge >= 0.3 is 0 Å². The molecule has 4 heterocycles. The van der Waals surface area contributed by atoms with E-state index in [4.69, 9.17) is 21.3 Å². The van der Waals surface area contributed by atoms with E-state index in [1.807, 2.05) is 32.3 Å². The number of aromatic nitrogens is 3. The highest BCUT2D eigenvalue weighted by molar-refractivity contribution is 6.30. The van der Waals surface area contributed by atoms with Gasteiger partial charge in [0, 0.05) is 61.8 Å². The van der Waals surface area contributed by atoms with Crippen LogP contribution in [0.1, 0.15) is 22.8 Å². The lowest BCUT2D eigenvalue weighted by molar-refractivity contribution is 0.0787. The standard InChI is InChI=1S/C19H19ClFN3O2.C4H6N2/c1-2-23-11-15-14(19(23)25)10-17(24-5-7-26-8-6-24)22-18(15)13-4-3-12(20)9-16(13)21;1-6-4-2-3-5-6/h3-4,9-10H,2,5-8,11H2,1H3;2-4H,1H3. The van der Waals surface area contributed by atoms with Gasteiger partial charge in [-0.3, -0.25) is 9.48 Å². The molecule has 1 fully saturated rings. The Morgan fingerprint density at radius 1 is 1.19 bits per heavy atom. The summed E-state index contributed by atoms with van der Waals surface area (Å²) in [4.78, 5) is 21.3. The number of benzene rings is 1. The summed E-state index contributed by atoms with van der Waals surface area (Å²) < 4.78 is 21.7. The maximum atomic E-state index is 14.6. The number of carbonyl (C=O) groups excluding carboxylic acids is 1.